The Bertz CT molecular complexity index is 2290. The third kappa shape index (κ3) is 9.97. The molecule has 3 aliphatic carbocycles. The number of oxazole rings is 1. The second kappa shape index (κ2) is 18.1. The van der Waals surface area contributed by atoms with Crippen LogP contribution in [0.1, 0.15) is 93.9 Å². The van der Waals surface area contributed by atoms with Gasteiger partial charge in [0.25, 0.3) is 6.01 Å². The Morgan fingerprint density at radius 3 is 2.45 bits per heavy atom. The van der Waals surface area contributed by atoms with Crippen molar-refractivity contribution in [2.75, 3.05) is 44.8 Å². The van der Waals surface area contributed by atoms with Crippen LogP contribution in [0, 0.1) is 23.2 Å². The number of likely N-dealkylation sites (tertiary alicyclic amines) is 1. The fourth-order valence-corrected chi connectivity index (χ4v) is 10.1. The number of rotatable bonds is 16. The van der Waals surface area contributed by atoms with Gasteiger partial charge in [0.2, 0.25) is 11.8 Å². The fourth-order valence-electron chi connectivity index (χ4n) is 9.85. The van der Waals surface area contributed by atoms with Gasteiger partial charge >= 0.3 is 12.1 Å². The Balaban J connectivity index is 1.09. The summed E-state index contributed by atoms with van der Waals surface area (Å²) in [6, 6.07) is 3.44. The van der Waals surface area contributed by atoms with E-state index < -0.39 is 53.0 Å². The Morgan fingerprint density at radius 1 is 1.03 bits per heavy atom. The number of aliphatic carboxylic acids is 1. The van der Waals surface area contributed by atoms with Crippen molar-refractivity contribution in [2.45, 2.75) is 135 Å². The summed E-state index contributed by atoms with van der Waals surface area (Å²) < 4.78 is 30.3. The number of carbonyl (C=O) groups excluding carboxylic acids is 3. The lowest BCUT2D eigenvalue weighted by atomic mass is 9.85. The molecule has 4 N–H and O–H groups in total. The number of anilines is 1. The Kier molecular flexibility index (Phi) is 13.0. The van der Waals surface area contributed by atoms with Gasteiger partial charge in [-0.15, -0.1) is 0 Å². The smallest absolute Gasteiger partial charge is 0.408 e. The molecular weight excluding hydrogens is 858 g/mol. The zero-order valence-corrected chi connectivity index (χ0v) is 39.5. The van der Waals surface area contributed by atoms with E-state index in [9.17, 15) is 24.3 Å². The summed E-state index contributed by atoms with van der Waals surface area (Å²) in [5.74, 6) is -0.524. The average Bonchev–Trinajstić information content (AvgIpc) is 3.91. The van der Waals surface area contributed by atoms with Crippen LogP contribution in [-0.2, 0) is 23.9 Å². The lowest BCUT2D eigenvalue weighted by Gasteiger charge is -2.41. The first-order chi connectivity index (χ1) is 30.8. The predicted octanol–water partition coefficient (Wildman–Crippen LogP) is 6.51. The fraction of sp³-hybridized carbons (Fsp3) is 0.660. The zero-order valence-electron chi connectivity index (χ0n) is 38.7. The first-order valence-corrected chi connectivity index (χ1v) is 23.4. The molecule has 3 aromatic rings. The summed E-state index contributed by atoms with van der Waals surface area (Å²) in [5.41, 5.74) is -1.20. The molecule has 3 saturated carbocycles. The van der Waals surface area contributed by atoms with E-state index in [4.69, 9.17) is 39.9 Å². The van der Waals surface area contributed by atoms with Gasteiger partial charge in [0.1, 0.15) is 64.9 Å². The maximum absolute atomic E-state index is 14.8. The van der Waals surface area contributed by atoms with Crippen LogP contribution in [0.3, 0.4) is 0 Å². The van der Waals surface area contributed by atoms with Crippen LogP contribution in [-0.4, -0.2) is 130 Å². The van der Waals surface area contributed by atoms with E-state index in [1.54, 1.807) is 12.1 Å². The Hall–Kier alpha value is -4.87. The second-order valence-corrected chi connectivity index (χ2v) is 20.9. The average molecular weight is 923 g/mol. The van der Waals surface area contributed by atoms with Crippen LogP contribution in [0.5, 0.6) is 11.5 Å². The minimum absolute atomic E-state index is 0.0224. The molecule has 1 aromatic carbocycles. The van der Waals surface area contributed by atoms with Gasteiger partial charge in [0, 0.05) is 42.5 Å². The molecule has 5 aliphatic rings. The van der Waals surface area contributed by atoms with E-state index in [-0.39, 0.29) is 48.0 Å². The number of carboxylic acids is 1. The van der Waals surface area contributed by atoms with Gasteiger partial charge in [-0.2, -0.15) is 4.98 Å². The minimum Gasteiger partial charge on any atom is -0.491 e. The maximum Gasteiger partial charge on any atom is 0.408 e. The van der Waals surface area contributed by atoms with Gasteiger partial charge < -0.3 is 49.3 Å². The van der Waals surface area contributed by atoms with Crippen LogP contribution >= 0.6 is 11.6 Å². The van der Waals surface area contributed by atoms with Crippen LogP contribution in [0.4, 0.5) is 10.8 Å². The molecule has 5 fully saturated rings. The van der Waals surface area contributed by atoms with E-state index in [1.807, 2.05) is 47.6 Å². The minimum atomic E-state index is -1.43. The first kappa shape index (κ1) is 46.7. The number of nitrogens with zero attached hydrogens (tertiary/aromatic N) is 4. The molecule has 4 heterocycles. The molecule has 8 rings (SSSR count). The summed E-state index contributed by atoms with van der Waals surface area (Å²) in [6.45, 7) is 18.6. The molecule has 17 nitrogen and oxygen atoms in total. The number of nitrogens with one attached hydrogen (secondary N) is 3. The van der Waals surface area contributed by atoms with Gasteiger partial charge in [-0.3, -0.25) is 14.5 Å². The molecule has 0 radical (unpaired) electrons. The molecular formula is C47H64ClN7O10. The normalized spacial score (nSPS) is 27.5. The van der Waals surface area contributed by atoms with Crippen LogP contribution in [0.15, 0.2) is 28.9 Å². The van der Waals surface area contributed by atoms with Crippen molar-refractivity contribution in [1.29, 1.82) is 0 Å². The number of halogens is 1. The number of morpholine rings is 1. The highest BCUT2D eigenvalue weighted by Crippen LogP contribution is 2.52. The van der Waals surface area contributed by atoms with Gasteiger partial charge in [-0.1, -0.05) is 45.7 Å². The highest BCUT2D eigenvalue weighted by Gasteiger charge is 2.61. The van der Waals surface area contributed by atoms with Gasteiger partial charge in [-0.05, 0) is 88.7 Å². The van der Waals surface area contributed by atoms with Crippen LogP contribution < -0.4 is 25.4 Å². The molecule has 3 amide bonds. The Morgan fingerprint density at radius 2 is 1.78 bits per heavy atom. The number of pyridine rings is 1. The molecule has 18 heteroatoms. The van der Waals surface area contributed by atoms with Crippen molar-refractivity contribution in [3.05, 3.63) is 29.5 Å². The van der Waals surface area contributed by atoms with Gasteiger partial charge in [0.15, 0.2) is 0 Å². The monoisotopic (exact) mass is 921 g/mol. The van der Waals surface area contributed by atoms with E-state index in [0.29, 0.717) is 84.4 Å². The SMILES string of the molecule is CC[C@@H]1C[C@]1(NC(=O)[C@@H]1CC(Oc2cc(-c3coc(NC(C)C)n3)nc3c(Cl)c(OCCN4CCOCC4(C)C)ccc23)CN1C(=O)[C@@H](NC(=O)OC1C[C@@H]2C[C@@H]2C1)C(C)(C)C)C(=O)O. The summed E-state index contributed by atoms with van der Waals surface area (Å²) in [5, 5.41) is 19.9. The predicted molar refractivity (Wildman–Crippen MR) is 242 cm³/mol. The number of hydrogen-bond donors (Lipinski definition) is 4. The van der Waals surface area contributed by atoms with E-state index in [2.05, 4.69) is 39.7 Å². The van der Waals surface area contributed by atoms with Crippen molar-refractivity contribution >= 4 is 52.4 Å². The number of ether oxygens (including phenoxy) is 4. The van der Waals surface area contributed by atoms with Crippen molar-refractivity contribution in [2.24, 2.45) is 23.2 Å². The highest BCUT2D eigenvalue weighted by atomic mass is 35.5. The quantitative estimate of drug-likeness (QED) is 0.121. The standard InChI is InChI=1S/C47H64ClN7O10/c1-9-28-21-47(28,42(58)59)53-40(56)34-19-30(22-55(34)41(57)39(45(4,5)6)52-44(60)65-29-17-26-16-27(26)18-29)64-36-20-32(33-23-63-43(51-33)49-25(2)3)50-38-31(36)10-11-35(37(38)48)62-15-13-54-12-14-61-24-46(54,7)8/h10-11,20,23,25-30,34,39H,9,12-19,21-22,24H2,1-8H3,(H,49,51)(H,52,60)(H,53,56)(H,58,59)/t26-,27+,28-,29?,30?,34+,39-,47-/m1/s1. The third-order valence-electron chi connectivity index (χ3n) is 13.8. The van der Waals surface area contributed by atoms with Gasteiger partial charge in [0.05, 0.1) is 31.0 Å². The molecule has 65 heavy (non-hydrogen) atoms. The number of amides is 3. The second-order valence-electron chi connectivity index (χ2n) is 20.6. The molecule has 2 aromatic heterocycles. The van der Waals surface area contributed by atoms with Gasteiger partial charge in [-0.25, -0.2) is 14.6 Å². The molecule has 354 valence electrons. The third-order valence-corrected chi connectivity index (χ3v) is 14.1. The molecule has 2 saturated heterocycles. The van der Waals surface area contributed by atoms with Crippen molar-refractivity contribution in [3.8, 4) is 22.9 Å². The number of hydrogen-bond acceptors (Lipinski definition) is 13. The number of alkyl carbamates (subject to hydrolysis) is 1. The zero-order chi connectivity index (χ0) is 46.6. The van der Waals surface area contributed by atoms with Crippen molar-refractivity contribution in [3.63, 3.8) is 0 Å². The largest absolute Gasteiger partial charge is 0.491 e. The summed E-state index contributed by atoms with van der Waals surface area (Å²) in [6.07, 6.45) is 3.48. The number of carboxylic acid groups (broad SMARTS) is 1. The molecule has 2 unspecified atom stereocenters. The maximum atomic E-state index is 14.8. The summed E-state index contributed by atoms with van der Waals surface area (Å²) in [7, 11) is 0. The van der Waals surface area contributed by atoms with Crippen LogP contribution in [0.2, 0.25) is 5.02 Å². The molecule has 8 atom stereocenters. The van der Waals surface area contributed by atoms with E-state index in [1.165, 1.54) is 17.6 Å². The molecule has 0 bridgehead atoms. The lowest BCUT2D eigenvalue weighted by molar-refractivity contribution is -0.146. The summed E-state index contributed by atoms with van der Waals surface area (Å²) >= 11 is 7.14. The molecule has 2 aliphatic heterocycles. The first-order valence-electron chi connectivity index (χ1n) is 23.1. The number of fused-ring (bicyclic) bond motifs is 2. The van der Waals surface area contributed by atoms with Crippen LogP contribution in [0.25, 0.3) is 22.3 Å². The van der Waals surface area contributed by atoms with E-state index >= 15 is 0 Å². The number of carbonyl (C=O) groups is 4. The topological polar surface area (TPSA) is 207 Å². The highest BCUT2D eigenvalue weighted by molar-refractivity contribution is 6.36. The Labute approximate surface area is 385 Å². The van der Waals surface area contributed by atoms with Crippen molar-refractivity contribution < 1.29 is 47.6 Å². The summed E-state index contributed by atoms with van der Waals surface area (Å²) in [4.78, 5) is 68.4. The number of benzene rings is 1. The lowest BCUT2D eigenvalue weighted by Crippen LogP contribution is -2.59. The van der Waals surface area contributed by atoms with E-state index in [0.717, 1.165) is 19.4 Å². The molecule has 0 spiro atoms. The van der Waals surface area contributed by atoms with Crippen molar-refractivity contribution in [1.82, 2.24) is 30.4 Å². The number of aromatic nitrogens is 2.